The van der Waals surface area contributed by atoms with Crippen molar-refractivity contribution in [1.29, 1.82) is 0 Å². The fourth-order valence-electron chi connectivity index (χ4n) is 4.08. The maximum absolute atomic E-state index is 12.9. The van der Waals surface area contributed by atoms with E-state index in [1.54, 1.807) is 0 Å². The first-order chi connectivity index (χ1) is 11.9. The van der Waals surface area contributed by atoms with E-state index in [9.17, 15) is 8.78 Å². The molecule has 2 heterocycles. The number of halogens is 2. The summed E-state index contributed by atoms with van der Waals surface area (Å²) in [5.74, 6) is -1.16. The molecule has 1 aromatic rings. The third-order valence-electron chi connectivity index (χ3n) is 5.53. The molecule has 3 nitrogen and oxygen atoms in total. The van der Waals surface area contributed by atoms with Gasteiger partial charge in [0.2, 0.25) is 0 Å². The minimum absolute atomic E-state index is 0.399. The molecule has 0 saturated heterocycles. The number of nitrogens with zero attached hydrogens (tertiary/aromatic N) is 2. The molecule has 142 valence electrons. The van der Waals surface area contributed by atoms with Crippen LogP contribution < -0.4 is 4.74 Å². The van der Waals surface area contributed by atoms with Gasteiger partial charge < -0.3 is 9.64 Å². The molecule has 6 heteroatoms. The van der Waals surface area contributed by atoms with Gasteiger partial charge in [0.25, 0.3) is 11.1 Å². The van der Waals surface area contributed by atoms with Crippen molar-refractivity contribution < 1.29 is 13.5 Å². The standard InChI is InChI=1S/C19H30F2N2OS/c1-14(15-6-4-3-5-7-15)12-23-10-8-16-17(9-11-23)25-18(22-16)24-13-19(2,20)21/h14-15H,3-13H2,1-2H3. The molecule has 0 bridgehead atoms. The lowest BCUT2D eigenvalue weighted by molar-refractivity contribution is -0.0230. The maximum Gasteiger partial charge on any atom is 0.278 e. The predicted molar refractivity (Wildman–Crippen MR) is 97.8 cm³/mol. The zero-order valence-corrected chi connectivity index (χ0v) is 16.2. The Morgan fingerprint density at radius 2 is 1.96 bits per heavy atom. The topological polar surface area (TPSA) is 25.4 Å². The van der Waals surface area contributed by atoms with Crippen LogP contribution in [0.15, 0.2) is 0 Å². The highest BCUT2D eigenvalue weighted by molar-refractivity contribution is 7.13. The van der Waals surface area contributed by atoms with Gasteiger partial charge in [0, 0.05) is 37.9 Å². The molecule has 1 aromatic heterocycles. The predicted octanol–water partition coefficient (Wildman–Crippen LogP) is 4.79. The van der Waals surface area contributed by atoms with E-state index in [0.717, 1.165) is 50.4 Å². The van der Waals surface area contributed by atoms with Crippen LogP contribution >= 0.6 is 11.3 Å². The van der Waals surface area contributed by atoms with Crippen molar-refractivity contribution >= 4 is 11.3 Å². The summed E-state index contributed by atoms with van der Waals surface area (Å²) in [6, 6.07) is 0. The average Bonchev–Trinajstić information content (AvgIpc) is 2.89. The van der Waals surface area contributed by atoms with Gasteiger partial charge in [0.15, 0.2) is 6.61 Å². The summed E-state index contributed by atoms with van der Waals surface area (Å²) in [5, 5.41) is 0.399. The minimum Gasteiger partial charge on any atom is -0.464 e. The van der Waals surface area contributed by atoms with E-state index < -0.39 is 12.5 Å². The van der Waals surface area contributed by atoms with Gasteiger partial charge in [-0.1, -0.05) is 50.4 Å². The highest BCUT2D eigenvalue weighted by atomic mass is 32.1. The second-order valence-electron chi connectivity index (χ2n) is 7.88. The van der Waals surface area contributed by atoms with Gasteiger partial charge in [-0.3, -0.25) is 0 Å². The number of aromatic nitrogens is 1. The fourth-order valence-corrected chi connectivity index (χ4v) is 5.02. The Kier molecular flexibility index (Phi) is 6.31. The number of fused-ring (bicyclic) bond motifs is 1. The first-order valence-corrected chi connectivity index (χ1v) is 10.4. The third kappa shape index (κ3) is 5.61. The van der Waals surface area contributed by atoms with Crippen LogP contribution in [0.3, 0.4) is 0 Å². The number of thiazole rings is 1. The fraction of sp³-hybridized carbons (Fsp3) is 0.842. The molecule has 0 amide bonds. The average molecular weight is 373 g/mol. The van der Waals surface area contributed by atoms with Crippen LogP contribution in [0.25, 0.3) is 0 Å². The lowest BCUT2D eigenvalue weighted by atomic mass is 9.80. The SMILES string of the molecule is CC(CN1CCc2nc(OCC(C)(F)F)sc2CC1)C1CCCCC1. The largest absolute Gasteiger partial charge is 0.464 e. The molecule has 25 heavy (non-hydrogen) atoms. The summed E-state index contributed by atoms with van der Waals surface area (Å²) in [4.78, 5) is 8.23. The van der Waals surface area contributed by atoms with Crippen molar-refractivity contribution in [2.24, 2.45) is 11.8 Å². The highest BCUT2D eigenvalue weighted by Gasteiger charge is 2.26. The first kappa shape index (κ1) is 19.0. The van der Waals surface area contributed by atoms with E-state index in [1.165, 1.54) is 54.9 Å². The number of hydrogen-bond acceptors (Lipinski definition) is 4. The van der Waals surface area contributed by atoms with Crippen molar-refractivity contribution in [2.75, 3.05) is 26.2 Å². The summed E-state index contributed by atoms with van der Waals surface area (Å²) >= 11 is 1.45. The Bertz CT molecular complexity index is 527. The van der Waals surface area contributed by atoms with Crippen LogP contribution in [0.5, 0.6) is 5.19 Å². The van der Waals surface area contributed by atoms with Crippen LogP contribution in [0, 0.1) is 11.8 Å². The quantitative estimate of drug-likeness (QED) is 0.718. The van der Waals surface area contributed by atoms with E-state index >= 15 is 0 Å². The minimum atomic E-state index is -2.81. The summed E-state index contributed by atoms with van der Waals surface area (Å²) < 4.78 is 31.0. The van der Waals surface area contributed by atoms with Gasteiger partial charge >= 0.3 is 0 Å². The third-order valence-corrected chi connectivity index (χ3v) is 6.60. The Labute approximate surface area is 153 Å². The van der Waals surface area contributed by atoms with Crippen LogP contribution in [-0.4, -0.2) is 42.0 Å². The highest BCUT2D eigenvalue weighted by Crippen LogP contribution is 2.32. The van der Waals surface area contributed by atoms with Crippen LogP contribution in [0.2, 0.25) is 0 Å². The number of ether oxygens (including phenoxy) is 1. The molecule has 0 spiro atoms. The number of rotatable bonds is 6. The summed E-state index contributed by atoms with van der Waals surface area (Å²) in [7, 11) is 0. The van der Waals surface area contributed by atoms with Crippen molar-refractivity contribution in [3.63, 3.8) is 0 Å². The molecule has 0 radical (unpaired) electrons. The van der Waals surface area contributed by atoms with Crippen molar-refractivity contribution in [1.82, 2.24) is 9.88 Å². The summed E-state index contributed by atoms with van der Waals surface area (Å²) in [5.41, 5.74) is 1.05. The van der Waals surface area contributed by atoms with Crippen LogP contribution in [0.1, 0.15) is 56.5 Å². The Hall–Kier alpha value is -0.750. The molecular weight excluding hydrogens is 342 g/mol. The second-order valence-corrected chi connectivity index (χ2v) is 8.93. The van der Waals surface area contributed by atoms with E-state index in [4.69, 9.17) is 4.74 Å². The summed E-state index contributed by atoms with van der Waals surface area (Å²) in [6.07, 6.45) is 8.85. The van der Waals surface area contributed by atoms with Gasteiger partial charge in [-0.15, -0.1) is 0 Å². The number of hydrogen-bond donors (Lipinski definition) is 0. The van der Waals surface area contributed by atoms with Crippen molar-refractivity contribution in [3.8, 4) is 5.19 Å². The molecule has 1 aliphatic heterocycles. The molecule has 2 aliphatic rings. The molecule has 1 unspecified atom stereocenters. The van der Waals surface area contributed by atoms with Crippen LogP contribution in [0.4, 0.5) is 8.78 Å². The first-order valence-electron chi connectivity index (χ1n) is 9.62. The molecule has 1 aliphatic carbocycles. The van der Waals surface area contributed by atoms with Gasteiger partial charge in [0.05, 0.1) is 5.69 Å². The molecule has 0 aromatic carbocycles. The number of alkyl halides is 2. The molecule has 1 fully saturated rings. The van der Waals surface area contributed by atoms with Gasteiger partial charge in [-0.05, 0) is 18.3 Å². The summed E-state index contributed by atoms with van der Waals surface area (Å²) in [6.45, 7) is 5.91. The molecule has 0 N–H and O–H groups in total. The normalized spacial score (nSPS) is 21.6. The Morgan fingerprint density at radius 1 is 1.24 bits per heavy atom. The zero-order chi connectivity index (χ0) is 17.9. The van der Waals surface area contributed by atoms with E-state index in [1.807, 2.05) is 0 Å². The smallest absolute Gasteiger partial charge is 0.278 e. The van der Waals surface area contributed by atoms with Gasteiger partial charge in [-0.2, -0.15) is 0 Å². The lowest BCUT2D eigenvalue weighted by Gasteiger charge is -2.31. The second kappa shape index (κ2) is 8.30. The van der Waals surface area contributed by atoms with Crippen molar-refractivity contribution in [3.05, 3.63) is 10.6 Å². The molecule has 1 saturated carbocycles. The van der Waals surface area contributed by atoms with Gasteiger partial charge in [-0.25, -0.2) is 13.8 Å². The maximum atomic E-state index is 12.9. The van der Waals surface area contributed by atoms with Crippen LogP contribution in [-0.2, 0) is 12.8 Å². The Balaban J connectivity index is 1.50. The molecule has 1 atom stereocenters. The zero-order valence-electron chi connectivity index (χ0n) is 15.4. The van der Waals surface area contributed by atoms with Gasteiger partial charge in [0.1, 0.15) is 0 Å². The van der Waals surface area contributed by atoms with E-state index in [2.05, 4.69) is 16.8 Å². The van der Waals surface area contributed by atoms with E-state index in [0.29, 0.717) is 5.19 Å². The monoisotopic (exact) mass is 372 g/mol. The van der Waals surface area contributed by atoms with E-state index in [-0.39, 0.29) is 0 Å². The Morgan fingerprint density at radius 3 is 2.68 bits per heavy atom. The lowest BCUT2D eigenvalue weighted by Crippen LogP contribution is -2.34. The molecular formula is C19H30F2N2OS. The molecule has 3 rings (SSSR count). The van der Waals surface area contributed by atoms with Crippen molar-refractivity contribution in [2.45, 2.75) is 64.7 Å².